The summed E-state index contributed by atoms with van der Waals surface area (Å²) in [6.45, 7) is 9.33. The normalized spacial score (nSPS) is 11.4. The van der Waals surface area contributed by atoms with Gasteiger partial charge in [-0.05, 0) is 49.8 Å². The Labute approximate surface area is 160 Å². The van der Waals surface area contributed by atoms with Gasteiger partial charge >= 0.3 is 0 Å². The van der Waals surface area contributed by atoms with Crippen LogP contribution in [0.25, 0.3) is 10.9 Å². The molecule has 0 atom stereocenters. The van der Waals surface area contributed by atoms with Crippen LogP contribution >= 0.6 is 0 Å². The zero-order valence-corrected chi connectivity index (χ0v) is 16.3. The molecule has 3 rings (SSSR count). The van der Waals surface area contributed by atoms with E-state index in [2.05, 4.69) is 58.1 Å². The lowest BCUT2D eigenvalue weighted by Crippen LogP contribution is -2.26. The Kier molecular flexibility index (Phi) is 6.65. The second-order valence-electron chi connectivity index (χ2n) is 6.73. The molecule has 0 aliphatic heterocycles. The fourth-order valence-corrected chi connectivity index (χ4v) is 3.32. The van der Waals surface area contributed by atoms with Gasteiger partial charge < -0.3 is 14.8 Å². The minimum atomic E-state index is 0.0440. The third kappa shape index (κ3) is 5.20. The van der Waals surface area contributed by atoms with Crippen molar-refractivity contribution in [1.29, 1.82) is 0 Å². The Morgan fingerprint density at radius 2 is 2.00 bits per heavy atom. The molecule has 0 saturated heterocycles. The van der Waals surface area contributed by atoms with Crippen molar-refractivity contribution < 1.29 is 4.79 Å². The molecule has 3 aromatic rings. The van der Waals surface area contributed by atoms with E-state index in [4.69, 9.17) is 0 Å². The fourth-order valence-electron chi connectivity index (χ4n) is 3.32. The zero-order chi connectivity index (χ0) is 19.1. The highest BCUT2D eigenvalue weighted by Crippen LogP contribution is 2.21. The van der Waals surface area contributed by atoms with E-state index in [1.165, 1.54) is 5.52 Å². The van der Waals surface area contributed by atoms with Crippen LogP contribution in [0, 0.1) is 0 Å². The van der Waals surface area contributed by atoms with Crippen LogP contribution in [0.15, 0.2) is 48.9 Å². The minimum Gasteiger partial charge on any atom is -0.346 e. The summed E-state index contributed by atoms with van der Waals surface area (Å²) in [7, 11) is 0. The molecule has 6 heteroatoms. The number of rotatable bonds is 10. The largest absolute Gasteiger partial charge is 0.346 e. The van der Waals surface area contributed by atoms with Crippen LogP contribution in [0.3, 0.4) is 0 Å². The van der Waals surface area contributed by atoms with Crippen molar-refractivity contribution in [2.45, 2.75) is 39.8 Å². The molecule has 1 aromatic carbocycles. The number of carbonyl (C=O) groups is 1. The Bertz CT molecular complexity index is 849. The first kappa shape index (κ1) is 19.2. The van der Waals surface area contributed by atoms with E-state index in [0.717, 1.165) is 50.2 Å². The van der Waals surface area contributed by atoms with Gasteiger partial charge in [0.2, 0.25) is 5.91 Å². The molecule has 1 N–H and O–H groups in total. The maximum atomic E-state index is 12.2. The molecule has 2 heterocycles. The molecule has 27 heavy (non-hydrogen) atoms. The number of fused-ring (bicyclic) bond motifs is 1. The number of likely N-dealkylation sites (N-methyl/N-ethyl adjacent to an activating group) is 1. The molecule has 0 aliphatic carbocycles. The first-order valence-electron chi connectivity index (χ1n) is 9.78. The lowest BCUT2D eigenvalue weighted by Gasteiger charge is -2.18. The molecular formula is C21H29N5O. The van der Waals surface area contributed by atoms with Gasteiger partial charge in [-0.15, -0.1) is 0 Å². The lowest BCUT2D eigenvalue weighted by molar-refractivity contribution is -0.116. The quantitative estimate of drug-likeness (QED) is 0.596. The van der Waals surface area contributed by atoms with E-state index in [9.17, 15) is 4.79 Å². The van der Waals surface area contributed by atoms with Crippen LogP contribution < -0.4 is 5.32 Å². The summed E-state index contributed by atoms with van der Waals surface area (Å²) in [6, 6.07) is 10.1. The first-order chi connectivity index (χ1) is 13.2. The van der Waals surface area contributed by atoms with Crippen molar-refractivity contribution in [3.8, 4) is 0 Å². The molecule has 0 radical (unpaired) electrons. The number of amides is 1. The maximum absolute atomic E-state index is 12.2. The predicted molar refractivity (Wildman–Crippen MR) is 110 cm³/mol. The molecule has 0 unspecified atom stereocenters. The van der Waals surface area contributed by atoms with Crippen molar-refractivity contribution >= 4 is 22.5 Å². The predicted octanol–water partition coefficient (Wildman–Crippen LogP) is 3.60. The van der Waals surface area contributed by atoms with Crippen LogP contribution in [0.5, 0.6) is 0 Å². The summed E-state index contributed by atoms with van der Waals surface area (Å²) >= 11 is 0. The van der Waals surface area contributed by atoms with Gasteiger partial charge in [0.15, 0.2) is 0 Å². The zero-order valence-electron chi connectivity index (χ0n) is 16.3. The molecule has 2 aromatic heterocycles. The van der Waals surface area contributed by atoms with Crippen LogP contribution in [0.4, 0.5) is 5.69 Å². The average molecular weight is 367 g/mol. The Hall–Kier alpha value is -2.60. The van der Waals surface area contributed by atoms with E-state index in [1.54, 1.807) is 6.20 Å². The van der Waals surface area contributed by atoms with Gasteiger partial charge in [0.1, 0.15) is 0 Å². The average Bonchev–Trinajstić information content (AvgIpc) is 3.32. The summed E-state index contributed by atoms with van der Waals surface area (Å²) in [5.74, 6) is 0.0440. The van der Waals surface area contributed by atoms with Gasteiger partial charge in [-0.2, -0.15) is 5.10 Å². The van der Waals surface area contributed by atoms with E-state index in [1.807, 2.05) is 23.0 Å². The van der Waals surface area contributed by atoms with Crippen molar-refractivity contribution in [1.82, 2.24) is 19.2 Å². The summed E-state index contributed by atoms with van der Waals surface area (Å²) < 4.78 is 4.13. The lowest BCUT2D eigenvalue weighted by atomic mass is 10.2. The topological polar surface area (TPSA) is 55.1 Å². The van der Waals surface area contributed by atoms with Gasteiger partial charge in [-0.25, -0.2) is 0 Å². The second-order valence-corrected chi connectivity index (χ2v) is 6.73. The Morgan fingerprint density at radius 3 is 2.74 bits per heavy atom. The molecular weight excluding hydrogens is 338 g/mol. The third-order valence-electron chi connectivity index (χ3n) is 4.96. The van der Waals surface area contributed by atoms with Gasteiger partial charge in [-0.1, -0.05) is 13.8 Å². The van der Waals surface area contributed by atoms with Gasteiger partial charge in [0.05, 0.1) is 0 Å². The molecule has 6 nitrogen and oxygen atoms in total. The van der Waals surface area contributed by atoms with Gasteiger partial charge in [0, 0.05) is 61.2 Å². The smallest absolute Gasteiger partial charge is 0.224 e. The summed E-state index contributed by atoms with van der Waals surface area (Å²) in [5, 5.41) is 8.31. The number of anilines is 1. The van der Waals surface area contributed by atoms with Crippen LogP contribution in [0.2, 0.25) is 0 Å². The molecule has 0 saturated carbocycles. The molecule has 0 fully saturated rings. The summed E-state index contributed by atoms with van der Waals surface area (Å²) in [6.07, 6.45) is 7.06. The van der Waals surface area contributed by atoms with E-state index in [-0.39, 0.29) is 5.91 Å². The minimum absolute atomic E-state index is 0.0440. The number of nitrogens with one attached hydrogen (secondary N) is 1. The summed E-state index contributed by atoms with van der Waals surface area (Å²) in [4.78, 5) is 14.6. The van der Waals surface area contributed by atoms with Crippen molar-refractivity contribution in [2.75, 3.05) is 25.0 Å². The highest BCUT2D eigenvalue weighted by Gasteiger charge is 2.07. The van der Waals surface area contributed by atoms with Gasteiger partial charge in [-0.3, -0.25) is 9.48 Å². The molecule has 1 amide bonds. The Morgan fingerprint density at radius 1 is 1.15 bits per heavy atom. The number of nitrogens with zero attached hydrogens (tertiary/aromatic N) is 4. The van der Waals surface area contributed by atoms with Crippen LogP contribution in [-0.2, 0) is 17.9 Å². The van der Waals surface area contributed by atoms with Crippen molar-refractivity contribution in [2.24, 2.45) is 0 Å². The number of benzene rings is 1. The highest BCUT2D eigenvalue weighted by molar-refractivity contribution is 5.93. The maximum Gasteiger partial charge on any atom is 0.224 e. The first-order valence-corrected chi connectivity index (χ1v) is 9.78. The fraction of sp³-hybridized carbons (Fsp3) is 0.429. The number of aromatic nitrogens is 3. The van der Waals surface area contributed by atoms with Crippen LogP contribution in [0.1, 0.15) is 26.7 Å². The number of hydrogen-bond donors (Lipinski definition) is 1. The second kappa shape index (κ2) is 9.37. The molecule has 0 aliphatic rings. The molecule has 0 spiro atoms. The highest BCUT2D eigenvalue weighted by atomic mass is 16.1. The molecule has 0 bridgehead atoms. The standard InChI is InChI=1S/C21H29N5O/c1-3-24(4-2)15-16-25-14-10-18-17-19(8-9-20(18)25)23-21(27)7-5-12-26-13-6-11-22-26/h6,8-11,13-14,17H,3-5,7,12,15-16H2,1-2H3,(H,23,27). The number of carbonyl (C=O) groups excluding carboxylic acids is 1. The Balaban J connectivity index is 1.54. The SMILES string of the molecule is CCN(CC)CCn1ccc2cc(NC(=O)CCCn3cccn3)ccc21. The monoisotopic (exact) mass is 367 g/mol. The van der Waals surface area contributed by atoms with E-state index >= 15 is 0 Å². The number of aryl methyl sites for hydroxylation is 1. The summed E-state index contributed by atoms with van der Waals surface area (Å²) in [5.41, 5.74) is 2.06. The van der Waals surface area contributed by atoms with Crippen LogP contribution in [-0.4, -0.2) is 44.8 Å². The van der Waals surface area contributed by atoms with E-state index < -0.39 is 0 Å². The van der Waals surface area contributed by atoms with Crippen molar-refractivity contribution in [3.05, 3.63) is 48.9 Å². The van der Waals surface area contributed by atoms with Crippen molar-refractivity contribution in [3.63, 3.8) is 0 Å². The number of hydrogen-bond acceptors (Lipinski definition) is 3. The van der Waals surface area contributed by atoms with E-state index in [0.29, 0.717) is 6.42 Å². The third-order valence-corrected chi connectivity index (χ3v) is 4.96. The van der Waals surface area contributed by atoms with Gasteiger partial charge in [0.25, 0.3) is 0 Å². The molecule has 144 valence electrons.